The lowest BCUT2D eigenvalue weighted by Crippen LogP contribution is -2.55. The fraction of sp³-hybridized carbons (Fsp3) is 0.441. The second kappa shape index (κ2) is 13.8. The van der Waals surface area contributed by atoms with Crippen LogP contribution >= 0.6 is 22.7 Å². The maximum absolute atomic E-state index is 14.4. The van der Waals surface area contributed by atoms with Gasteiger partial charge in [-0.3, -0.25) is 19.2 Å². The minimum Gasteiger partial charge on any atom is -0.361 e. The monoisotopic (exact) mass is 660 g/mol. The van der Waals surface area contributed by atoms with Crippen molar-refractivity contribution in [3.8, 4) is 9.88 Å². The molecule has 242 valence electrons. The molecule has 4 amide bonds. The number of rotatable bonds is 6. The molecule has 3 aromatic heterocycles. The van der Waals surface area contributed by atoms with Gasteiger partial charge in [-0.2, -0.15) is 0 Å². The molecule has 5 atom stereocenters. The zero-order valence-electron chi connectivity index (χ0n) is 26.2. The van der Waals surface area contributed by atoms with Gasteiger partial charge in [-0.05, 0) is 54.2 Å². The zero-order chi connectivity index (χ0) is 32.4. The Kier molecular flexibility index (Phi) is 9.55. The van der Waals surface area contributed by atoms with Crippen molar-refractivity contribution in [2.24, 2.45) is 11.8 Å². The Balaban J connectivity index is 1.27. The van der Waals surface area contributed by atoms with E-state index in [4.69, 9.17) is 0 Å². The molecule has 10 nitrogen and oxygen atoms in total. The van der Waals surface area contributed by atoms with Crippen molar-refractivity contribution in [2.75, 3.05) is 6.54 Å². The fourth-order valence-corrected chi connectivity index (χ4v) is 8.11. The molecule has 12 heteroatoms. The molecule has 6 rings (SSSR count). The normalized spacial score (nSPS) is 24.6. The summed E-state index contributed by atoms with van der Waals surface area (Å²) in [5.41, 5.74) is 2.15. The highest BCUT2D eigenvalue weighted by Gasteiger charge is 2.43. The molecule has 0 aliphatic carbocycles. The van der Waals surface area contributed by atoms with Gasteiger partial charge in [-0.25, -0.2) is 4.98 Å². The smallest absolute Gasteiger partial charge is 0.271 e. The van der Waals surface area contributed by atoms with Gasteiger partial charge in [-0.15, -0.1) is 22.7 Å². The minimum absolute atomic E-state index is 0.0909. The maximum atomic E-state index is 14.4. The first-order valence-electron chi connectivity index (χ1n) is 15.9. The molecule has 2 fully saturated rings. The van der Waals surface area contributed by atoms with Crippen molar-refractivity contribution in [1.29, 1.82) is 0 Å². The van der Waals surface area contributed by atoms with Gasteiger partial charge < -0.3 is 25.8 Å². The van der Waals surface area contributed by atoms with Gasteiger partial charge in [0.25, 0.3) is 5.91 Å². The molecule has 0 unspecified atom stereocenters. The highest BCUT2D eigenvalue weighted by Crippen LogP contribution is 2.29. The molecule has 2 saturated heterocycles. The molecule has 0 saturated carbocycles. The van der Waals surface area contributed by atoms with Crippen LogP contribution in [0.1, 0.15) is 62.5 Å². The van der Waals surface area contributed by atoms with Gasteiger partial charge in [0.15, 0.2) is 0 Å². The van der Waals surface area contributed by atoms with Crippen LogP contribution in [0.25, 0.3) is 20.8 Å². The lowest BCUT2D eigenvalue weighted by atomic mass is 9.92. The number of hydrogen-bond donors (Lipinski definition) is 4. The van der Waals surface area contributed by atoms with Crippen LogP contribution in [0.15, 0.2) is 53.4 Å². The van der Waals surface area contributed by atoms with E-state index < -0.39 is 18.1 Å². The van der Waals surface area contributed by atoms with E-state index in [0.717, 1.165) is 39.2 Å². The molecule has 0 radical (unpaired) electrons. The van der Waals surface area contributed by atoms with Crippen molar-refractivity contribution in [1.82, 2.24) is 30.8 Å². The summed E-state index contributed by atoms with van der Waals surface area (Å²) in [7, 11) is 0. The van der Waals surface area contributed by atoms with Gasteiger partial charge in [-0.1, -0.05) is 45.0 Å². The molecular formula is C34H40N6O4S2. The van der Waals surface area contributed by atoms with Crippen LogP contribution in [-0.2, 0) is 20.8 Å². The topological polar surface area (TPSA) is 136 Å². The highest BCUT2D eigenvalue weighted by atomic mass is 32.1. The lowest BCUT2D eigenvalue weighted by molar-refractivity contribution is -0.141. The van der Waals surface area contributed by atoms with Gasteiger partial charge >= 0.3 is 0 Å². The highest BCUT2D eigenvalue weighted by molar-refractivity contribution is 7.20. The summed E-state index contributed by atoms with van der Waals surface area (Å²) >= 11 is 2.96. The van der Waals surface area contributed by atoms with Gasteiger partial charge in [0.05, 0.1) is 4.88 Å². The molecular weight excluding hydrogens is 621 g/mol. The summed E-state index contributed by atoms with van der Waals surface area (Å²) in [5.74, 6) is -0.833. The van der Waals surface area contributed by atoms with Crippen LogP contribution in [0.5, 0.6) is 0 Å². The molecule has 2 aliphatic heterocycles. The Morgan fingerprint density at radius 3 is 2.70 bits per heavy atom. The Morgan fingerprint density at radius 2 is 1.91 bits per heavy atom. The number of thiazole rings is 1. The van der Waals surface area contributed by atoms with Gasteiger partial charge in [0.1, 0.15) is 22.8 Å². The van der Waals surface area contributed by atoms with Crippen LogP contribution in [0, 0.1) is 11.8 Å². The van der Waals surface area contributed by atoms with Crippen LogP contribution in [0.3, 0.4) is 0 Å². The molecule has 0 bridgehead atoms. The number of nitrogens with one attached hydrogen (secondary N) is 4. The summed E-state index contributed by atoms with van der Waals surface area (Å²) in [4.78, 5) is 65.3. The van der Waals surface area contributed by atoms with Crippen molar-refractivity contribution in [2.45, 2.75) is 77.0 Å². The first-order chi connectivity index (χ1) is 22.2. The zero-order valence-corrected chi connectivity index (χ0v) is 27.9. The van der Waals surface area contributed by atoms with E-state index in [1.54, 1.807) is 21.6 Å². The first-order valence-corrected chi connectivity index (χ1v) is 17.7. The minimum atomic E-state index is -0.878. The third kappa shape index (κ3) is 7.02. The summed E-state index contributed by atoms with van der Waals surface area (Å²) in [6, 6.07) is 9.51. The van der Waals surface area contributed by atoms with Crippen molar-refractivity contribution < 1.29 is 19.2 Å². The quantitative estimate of drug-likeness (QED) is 0.237. The van der Waals surface area contributed by atoms with Crippen LogP contribution in [0.4, 0.5) is 0 Å². The summed E-state index contributed by atoms with van der Waals surface area (Å²) < 4.78 is 0. The number of nitrogens with zero attached hydrogens (tertiary/aromatic N) is 2. The van der Waals surface area contributed by atoms with Crippen molar-refractivity contribution >= 4 is 57.2 Å². The molecule has 46 heavy (non-hydrogen) atoms. The van der Waals surface area contributed by atoms with E-state index in [1.807, 2.05) is 54.9 Å². The molecule has 4 N–H and O–H groups in total. The first kappa shape index (κ1) is 31.9. The van der Waals surface area contributed by atoms with Gasteiger partial charge in [0.2, 0.25) is 17.7 Å². The number of thiophene rings is 1. The van der Waals surface area contributed by atoms with Crippen molar-refractivity contribution in [3.63, 3.8) is 0 Å². The molecule has 1 aromatic carbocycles. The van der Waals surface area contributed by atoms with Crippen LogP contribution in [-0.4, -0.2) is 69.2 Å². The number of carbonyl (C=O) groups excluding carboxylic acids is 4. The average molecular weight is 661 g/mol. The third-order valence-electron chi connectivity index (χ3n) is 9.06. The Labute approximate surface area is 276 Å². The van der Waals surface area contributed by atoms with Crippen LogP contribution < -0.4 is 16.0 Å². The number of benzene rings is 1. The number of hydrogen-bond acceptors (Lipinski definition) is 7. The number of para-hydroxylation sites is 1. The van der Waals surface area contributed by atoms with Gasteiger partial charge in [0, 0.05) is 53.9 Å². The van der Waals surface area contributed by atoms with E-state index in [9.17, 15) is 19.2 Å². The van der Waals surface area contributed by atoms with Crippen LogP contribution in [0.2, 0.25) is 0 Å². The SMILES string of the molecule is CC(C)[C@@H]1CC[C@@H](C)CC(=O)N[C@H](Cc2c[nH]c3ccccc23)C(=O)N2C[C@H](NC(=O)c3csc(-c4cccs4)n3)C[C@H]2C(=O)N1. The summed E-state index contributed by atoms with van der Waals surface area (Å²) in [5, 5.41) is 14.7. The average Bonchev–Trinajstić information content (AvgIpc) is 3.84. The Bertz CT molecular complexity index is 1710. The standard InChI is InChI=1S/C34H40N6O4S2/c1-19(2)24-11-10-20(3)13-30(41)37-26(14-21-16-35-25-8-5-4-7-23(21)25)34(44)40-17-22(15-28(40)32(43)38-24)36-31(42)27-18-46-33(39-27)29-9-6-12-45-29/h4-9,12,16,18-20,22,24,26,28,35H,10-11,13-15,17H2,1-3H3,(H,36,42)(H,37,41)(H,38,43)/t20-,22-,24+,26-,28+/m1/s1. The van der Waals surface area contributed by atoms with E-state index in [-0.39, 0.29) is 60.9 Å². The molecule has 4 aromatic rings. The largest absolute Gasteiger partial charge is 0.361 e. The molecule has 2 aliphatic rings. The van der Waals surface area contributed by atoms with E-state index in [2.05, 4.69) is 39.8 Å². The number of amides is 4. The summed E-state index contributed by atoms with van der Waals surface area (Å²) in [6.45, 7) is 6.31. The number of carbonyl (C=O) groups is 4. The predicted octanol–water partition coefficient (Wildman–Crippen LogP) is 4.74. The summed E-state index contributed by atoms with van der Waals surface area (Å²) in [6.07, 6.45) is 4.19. The molecule has 5 heterocycles. The molecule has 0 spiro atoms. The third-order valence-corrected chi connectivity index (χ3v) is 10.9. The second-order valence-corrected chi connectivity index (χ2v) is 14.7. The lowest BCUT2D eigenvalue weighted by Gasteiger charge is -2.30. The Hall–Kier alpha value is -4.03. The predicted molar refractivity (Wildman–Crippen MR) is 181 cm³/mol. The number of aromatic nitrogens is 2. The fourth-order valence-electron chi connectivity index (χ4n) is 6.49. The van der Waals surface area contributed by atoms with Crippen molar-refractivity contribution in [3.05, 3.63) is 64.6 Å². The number of H-pyrrole nitrogens is 1. The number of fused-ring (bicyclic) bond motifs is 2. The van der Waals surface area contributed by atoms with E-state index >= 15 is 0 Å². The Morgan fingerprint density at radius 1 is 1.09 bits per heavy atom. The second-order valence-electron chi connectivity index (χ2n) is 12.9. The maximum Gasteiger partial charge on any atom is 0.271 e. The van der Waals surface area contributed by atoms with E-state index in [0.29, 0.717) is 12.1 Å². The van der Waals surface area contributed by atoms with E-state index in [1.165, 1.54) is 11.3 Å². The number of aromatic amines is 1.